The van der Waals surface area contributed by atoms with E-state index in [1.807, 2.05) is 0 Å². The highest BCUT2D eigenvalue weighted by atomic mass is 16.7. The Morgan fingerprint density at radius 2 is 1.88 bits per heavy atom. The van der Waals surface area contributed by atoms with Gasteiger partial charge in [0.15, 0.2) is 11.5 Å². The molecule has 0 bridgehead atoms. The molecule has 0 aromatic heterocycles. The van der Waals surface area contributed by atoms with Crippen molar-refractivity contribution in [2.45, 2.75) is 0 Å². The first-order chi connectivity index (χ1) is 11.3. The van der Waals surface area contributed by atoms with Crippen molar-refractivity contribution >= 4 is 23.6 Å². The molecule has 0 radical (unpaired) electrons. The number of hydrogen-bond acceptors (Lipinski definition) is 6. The summed E-state index contributed by atoms with van der Waals surface area (Å²) in [6.45, 7) is -0.0899. The summed E-state index contributed by atoms with van der Waals surface area (Å²) in [6, 6.07) is 2.70. The lowest BCUT2D eigenvalue weighted by Gasteiger charge is -2.17. The van der Waals surface area contributed by atoms with Gasteiger partial charge in [-0.3, -0.25) is 19.7 Å². The van der Waals surface area contributed by atoms with E-state index in [1.165, 1.54) is 41.1 Å². The monoisotopic (exact) mass is 335 g/mol. The van der Waals surface area contributed by atoms with Gasteiger partial charge < -0.3 is 19.3 Å². The van der Waals surface area contributed by atoms with Crippen LogP contribution in [0.5, 0.6) is 11.5 Å². The van der Waals surface area contributed by atoms with Gasteiger partial charge in [0, 0.05) is 27.2 Å². The molecule has 1 heterocycles. The van der Waals surface area contributed by atoms with Crippen molar-refractivity contribution in [2.75, 3.05) is 34.5 Å². The van der Waals surface area contributed by atoms with Gasteiger partial charge in [-0.25, -0.2) is 0 Å². The largest absolute Gasteiger partial charge is 0.454 e. The van der Waals surface area contributed by atoms with Crippen LogP contribution in [0.1, 0.15) is 5.56 Å². The summed E-state index contributed by atoms with van der Waals surface area (Å²) in [5.41, 5.74) is 0.0141. The fraction of sp³-hybridized carbons (Fsp3) is 0.333. The van der Waals surface area contributed by atoms with Gasteiger partial charge in [-0.1, -0.05) is 0 Å². The lowest BCUT2D eigenvalue weighted by molar-refractivity contribution is -0.385. The molecule has 0 aliphatic carbocycles. The number of fused-ring (bicyclic) bond motifs is 1. The first-order valence-electron chi connectivity index (χ1n) is 7.01. The van der Waals surface area contributed by atoms with Crippen LogP contribution in [0.3, 0.4) is 0 Å². The lowest BCUT2D eigenvalue weighted by atomic mass is 10.1. The van der Waals surface area contributed by atoms with Gasteiger partial charge in [0.2, 0.25) is 18.6 Å². The molecule has 24 heavy (non-hydrogen) atoms. The third-order valence-electron chi connectivity index (χ3n) is 3.37. The summed E-state index contributed by atoms with van der Waals surface area (Å²) in [4.78, 5) is 36.8. The Bertz CT molecular complexity index is 713. The Hall–Kier alpha value is -3.10. The fourth-order valence-corrected chi connectivity index (χ4v) is 1.95. The van der Waals surface area contributed by atoms with Crippen molar-refractivity contribution in [3.05, 3.63) is 33.9 Å². The van der Waals surface area contributed by atoms with Gasteiger partial charge >= 0.3 is 0 Å². The molecular formula is C15H17N3O6. The Morgan fingerprint density at radius 3 is 2.46 bits per heavy atom. The van der Waals surface area contributed by atoms with Crippen LogP contribution in [0.15, 0.2) is 18.2 Å². The van der Waals surface area contributed by atoms with Crippen LogP contribution in [0, 0.1) is 10.1 Å². The molecule has 2 rings (SSSR count). The maximum absolute atomic E-state index is 12.0. The fourth-order valence-electron chi connectivity index (χ4n) is 1.95. The Morgan fingerprint density at radius 1 is 1.25 bits per heavy atom. The first-order valence-corrected chi connectivity index (χ1v) is 7.01. The van der Waals surface area contributed by atoms with Crippen LogP contribution in [0.4, 0.5) is 5.69 Å². The van der Waals surface area contributed by atoms with E-state index in [0.29, 0.717) is 11.5 Å². The Kier molecular flexibility index (Phi) is 5.02. The summed E-state index contributed by atoms with van der Waals surface area (Å²) >= 11 is 0. The quantitative estimate of drug-likeness (QED) is 0.450. The molecule has 0 spiro atoms. The SMILES string of the molecule is CN(C)C(=O)CN(C)C(=O)/C=C/c1cc2c(cc1[N+](=O)[O-])OCO2. The van der Waals surface area contributed by atoms with Gasteiger partial charge in [-0.2, -0.15) is 0 Å². The van der Waals surface area contributed by atoms with E-state index in [0.717, 1.165) is 0 Å². The predicted octanol–water partition coefficient (Wildman–Crippen LogP) is 0.883. The molecule has 1 aliphatic heterocycles. The molecule has 0 N–H and O–H groups in total. The van der Waals surface area contributed by atoms with Crippen molar-refractivity contribution in [2.24, 2.45) is 0 Å². The second-order valence-corrected chi connectivity index (χ2v) is 5.34. The number of benzene rings is 1. The molecular weight excluding hydrogens is 318 g/mol. The van der Waals surface area contributed by atoms with Gasteiger partial charge in [-0.15, -0.1) is 0 Å². The van der Waals surface area contributed by atoms with Crippen LogP contribution in [0.2, 0.25) is 0 Å². The smallest absolute Gasteiger partial charge is 0.280 e. The van der Waals surface area contributed by atoms with Gasteiger partial charge in [-0.05, 0) is 12.1 Å². The highest BCUT2D eigenvalue weighted by Crippen LogP contribution is 2.38. The summed E-state index contributed by atoms with van der Waals surface area (Å²) < 4.78 is 10.3. The van der Waals surface area contributed by atoms with Crippen LogP contribution >= 0.6 is 0 Å². The number of nitro benzene ring substituents is 1. The van der Waals surface area contributed by atoms with E-state index in [1.54, 1.807) is 14.1 Å². The third-order valence-corrected chi connectivity index (χ3v) is 3.37. The Balaban J connectivity index is 2.17. The molecule has 0 saturated carbocycles. The van der Waals surface area contributed by atoms with Crippen molar-refractivity contribution in [3.8, 4) is 11.5 Å². The molecule has 0 saturated heterocycles. The normalized spacial score (nSPS) is 12.3. The standard InChI is InChI=1S/C15H17N3O6/c1-16(2)15(20)8-17(3)14(19)5-4-10-6-12-13(24-9-23-12)7-11(10)18(21)22/h4-7H,8-9H2,1-3H3/b5-4+. The molecule has 2 amide bonds. The first kappa shape index (κ1) is 17.3. The third kappa shape index (κ3) is 3.80. The maximum Gasteiger partial charge on any atom is 0.280 e. The Labute approximate surface area is 138 Å². The molecule has 128 valence electrons. The van der Waals surface area contributed by atoms with Crippen LogP contribution in [-0.4, -0.2) is 61.0 Å². The zero-order valence-corrected chi connectivity index (χ0v) is 13.5. The molecule has 1 aromatic rings. The molecule has 0 fully saturated rings. The van der Waals surface area contributed by atoms with E-state index in [9.17, 15) is 19.7 Å². The average molecular weight is 335 g/mol. The number of rotatable bonds is 5. The average Bonchev–Trinajstić information content (AvgIpc) is 2.98. The van der Waals surface area contributed by atoms with Crippen molar-refractivity contribution in [3.63, 3.8) is 0 Å². The summed E-state index contributed by atoms with van der Waals surface area (Å²) in [5, 5.41) is 11.2. The van der Waals surface area contributed by atoms with Crippen LogP contribution in [-0.2, 0) is 9.59 Å². The number of hydrogen-bond donors (Lipinski definition) is 0. The second-order valence-electron chi connectivity index (χ2n) is 5.34. The minimum atomic E-state index is -0.564. The molecule has 9 heteroatoms. The number of likely N-dealkylation sites (N-methyl/N-ethyl adjacent to an activating group) is 2. The predicted molar refractivity (Wildman–Crippen MR) is 84.6 cm³/mol. The zero-order valence-electron chi connectivity index (χ0n) is 13.5. The number of ether oxygens (including phenoxy) is 2. The van der Waals surface area contributed by atoms with Gasteiger partial charge in [0.1, 0.15) is 0 Å². The lowest BCUT2D eigenvalue weighted by Crippen LogP contribution is -2.36. The summed E-state index contributed by atoms with van der Waals surface area (Å²) in [6.07, 6.45) is 2.49. The van der Waals surface area contributed by atoms with Crippen LogP contribution < -0.4 is 9.47 Å². The minimum Gasteiger partial charge on any atom is -0.454 e. The molecule has 0 atom stereocenters. The highest BCUT2D eigenvalue weighted by Gasteiger charge is 2.22. The molecule has 0 unspecified atom stereocenters. The van der Waals surface area contributed by atoms with Crippen molar-refractivity contribution in [1.29, 1.82) is 0 Å². The number of carbonyl (C=O) groups excluding carboxylic acids is 2. The second kappa shape index (κ2) is 6.99. The topological polar surface area (TPSA) is 102 Å². The molecule has 9 nitrogen and oxygen atoms in total. The summed E-state index contributed by atoms with van der Waals surface area (Å²) in [5.74, 6) is -0.00631. The van der Waals surface area contributed by atoms with Gasteiger partial charge in [0.25, 0.3) is 5.69 Å². The van der Waals surface area contributed by atoms with Crippen LogP contribution in [0.25, 0.3) is 6.08 Å². The van der Waals surface area contributed by atoms with E-state index in [2.05, 4.69) is 0 Å². The van der Waals surface area contributed by atoms with E-state index < -0.39 is 10.8 Å². The highest BCUT2D eigenvalue weighted by molar-refractivity contribution is 5.94. The minimum absolute atomic E-state index is 0.00598. The maximum atomic E-state index is 12.0. The van der Waals surface area contributed by atoms with Crippen molar-refractivity contribution in [1.82, 2.24) is 9.80 Å². The number of nitrogens with zero attached hydrogens (tertiary/aromatic N) is 3. The number of nitro groups is 1. The molecule has 1 aliphatic rings. The number of carbonyl (C=O) groups is 2. The van der Waals surface area contributed by atoms with Crippen molar-refractivity contribution < 1.29 is 24.0 Å². The van der Waals surface area contributed by atoms with Gasteiger partial charge in [0.05, 0.1) is 23.1 Å². The van der Waals surface area contributed by atoms with E-state index >= 15 is 0 Å². The number of amides is 2. The van der Waals surface area contributed by atoms with E-state index in [-0.39, 0.29) is 30.5 Å². The molecule has 1 aromatic carbocycles. The summed E-state index contributed by atoms with van der Waals surface area (Å²) in [7, 11) is 4.65. The van der Waals surface area contributed by atoms with E-state index in [4.69, 9.17) is 9.47 Å². The zero-order chi connectivity index (χ0) is 17.9.